The third-order valence-electron chi connectivity index (χ3n) is 1.93. The van der Waals surface area contributed by atoms with Crippen LogP contribution in [0.2, 0.25) is 0 Å². The summed E-state index contributed by atoms with van der Waals surface area (Å²) in [7, 11) is 0. The minimum Gasteiger partial charge on any atom is -0.431 e. The van der Waals surface area contributed by atoms with Crippen LogP contribution in [0.15, 0.2) is 29.3 Å². The third-order valence-corrected chi connectivity index (χ3v) is 1.93. The zero-order chi connectivity index (χ0) is 12.4. The van der Waals surface area contributed by atoms with Crippen molar-refractivity contribution >= 4 is 5.69 Å². The van der Waals surface area contributed by atoms with Crippen molar-refractivity contribution in [2.45, 2.75) is 0 Å². The van der Waals surface area contributed by atoms with E-state index in [4.69, 9.17) is 10.5 Å². The lowest BCUT2D eigenvalue weighted by Gasteiger charge is -2.05. The van der Waals surface area contributed by atoms with Crippen LogP contribution in [0.3, 0.4) is 0 Å². The highest BCUT2D eigenvalue weighted by molar-refractivity contribution is 5.45. The molecule has 17 heavy (non-hydrogen) atoms. The first kappa shape index (κ1) is 11.1. The highest BCUT2D eigenvalue weighted by Gasteiger charge is 2.12. The zero-order valence-electron chi connectivity index (χ0n) is 8.41. The molecule has 0 aliphatic carbocycles. The molecule has 0 aliphatic rings. The molecule has 1 aromatic heterocycles. The van der Waals surface area contributed by atoms with Gasteiger partial charge in [-0.2, -0.15) is 0 Å². The molecule has 0 spiro atoms. The molecule has 7 heteroatoms. The van der Waals surface area contributed by atoms with Gasteiger partial charge in [-0.25, -0.2) is 13.8 Å². The van der Waals surface area contributed by atoms with Crippen molar-refractivity contribution in [3.63, 3.8) is 0 Å². The van der Waals surface area contributed by atoms with Crippen molar-refractivity contribution in [2.24, 2.45) is 0 Å². The van der Waals surface area contributed by atoms with E-state index in [1.54, 1.807) is 0 Å². The Morgan fingerprint density at radius 2 is 2.06 bits per heavy atom. The molecule has 0 unspecified atom stereocenters. The number of nitrogen functional groups attached to an aromatic ring is 1. The second kappa shape index (κ2) is 4.20. The predicted molar refractivity (Wildman–Crippen MR) is 55.7 cm³/mol. The summed E-state index contributed by atoms with van der Waals surface area (Å²) in [6.07, 6.45) is 2.54. The Morgan fingerprint density at radius 3 is 2.76 bits per heavy atom. The molecular weight excluding hydrogens is 232 g/mol. The van der Waals surface area contributed by atoms with Gasteiger partial charge in [0.05, 0.1) is 5.69 Å². The van der Waals surface area contributed by atoms with Gasteiger partial charge in [-0.1, -0.05) is 0 Å². The predicted octanol–water partition coefficient (Wildman–Crippen LogP) is 1.42. The summed E-state index contributed by atoms with van der Waals surface area (Å²) in [5.41, 5.74) is 4.17. The molecule has 0 bridgehead atoms. The maximum absolute atomic E-state index is 13.3. The van der Waals surface area contributed by atoms with Crippen LogP contribution in [0, 0.1) is 11.6 Å². The van der Waals surface area contributed by atoms with Gasteiger partial charge in [-0.05, 0) is 0 Å². The maximum Gasteiger partial charge on any atom is 0.311 e. The Kier molecular flexibility index (Phi) is 2.73. The van der Waals surface area contributed by atoms with Crippen LogP contribution in [0.5, 0.6) is 11.6 Å². The molecule has 0 radical (unpaired) electrons. The maximum atomic E-state index is 13.3. The number of nitrogens with zero attached hydrogens (tertiary/aromatic N) is 1. The Hall–Kier alpha value is -2.44. The van der Waals surface area contributed by atoms with Crippen LogP contribution in [-0.2, 0) is 0 Å². The van der Waals surface area contributed by atoms with Crippen LogP contribution < -0.4 is 16.0 Å². The second-order valence-electron chi connectivity index (χ2n) is 3.13. The number of hydrogen-bond donors (Lipinski definition) is 2. The molecule has 0 atom stereocenters. The lowest BCUT2D eigenvalue weighted by Crippen LogP contribution is -2.10. The fourth-order valence-electron chi connectivity index (χ4n) is 1.14. The van der Waals surface area contributed by atoms with Crippen molar-refractivity contribution in [3.8, 4) is 11.6 Å². The topological polar surface area (TPSA) is 81.0 Å². The van der Waals surface area contributed by atoms with Gasteiger partial charge in [-0.15, -0.1) is 0 Å². The highest BCUT2D eigenvalue weighted by atomic mass is 19.1. The van der Waals surface area contributed by atoms with Crippen molar-refractivity contribution in [3.05, 3.63) is 46.5 Å². The summed E-state index contributed by atoms with van der Waals surface area (Å²) in [5, 5.41) is 0. The molecule has 0 amide bonds. The average Bonchev–Trinajstić information content (AvgIpc) is 2.29. The van der Waals surface area contributed by atoms with Crippen molar-refractivity contribution in [2.75, 3.05) is 5.73 Å². The molecule has 1 heterocycles. The number of nitrogens with one attached hydrogen (secondary N) is 1. The molecule has 88 valence electrons. The van der Waals surface area contributed by atoms with Crippen LogP contribution in [-0.4, -0.2) is 9.97 Å². The number of hydrogen-bond acceptors (Lipinski definition) is 4. The van der Waals surface area contributed by atoms with Crippen LogP contribution in [0.4, 0.5) is 14.5 Å². The Labute approximate surface area is 93.9 Å². The second-order valence-corrected chi connectivity index (χ2v) is 3.13. The zero-order valence-corrected chi connectivity index (χ0v) is 8.41. The van der Waals surface area contributed by atoms with E-state index < -0.39 is 22.9 Å². The molecule has 0 aliphatic heterocycles. The first-order chi connectivity index (χ1) is 8.08. The molecular formula is C10H7F2N3O2. The van der Waals surface area contributed by atoms with Crippen molar-refractivity contribution in [1.29, 1.82) is 0 Å². The van der Waals surface area contributed by atoms with Gasteiger partial charge in [0.1, 0.15) is 5.82 Å². The molecule has 0 saturated carbocycles. The Morgan fingerprint density at radius 1 is 1.29 bits per heavy atom. The van der Waals surface area contributed by atoms with Gasteiger partial charge in [0.2, 0.25) is 0 Å². The number of rotatable bonds is 2. The first-order valence-electron chi connectivity index (χ1n) is 4.54. The minimum absolute atomic E-state index is 0.343. The van der Waals surface area contributed by atoms with E-state index in [1.807, 2.05) is 0 Å². The monoisotopic (exact) mass is 239 g/mol. The highest BCUT2D eigenvalue weighted by Crippen LogP contribution is 2.25. The standard InChI is InChI=1S/C10H7F2N3O2/c11-5-4-8(6(12)3-7(5)13)17-10-9(16)14-1-2-15-10/h1-4H,13H2,(H,14,16). The fraction of sp³-hybridized carbons (Fsp3) is 0. The van der Waals surface area contributed by atoms with E-state index in [-0.39, 0.29) is 11.6 Å². The lowest BCUT2D eigenvalue weighted by molar-refractivity contribution is 0.417. The van der Waals surface area contributed by atoms with Gasteiger partial charge in [0.25, 0.3) is 5.88 Å². The van der Waals surface area contributed by atoms with E-state index in [2.05, 4.69) is 9.97 Å². The number of nitrogens with two attached hydrogens (primary N) is 1. The van der Waals surface area contributed by atoms with E-state index in [9.17, 15) is 13.6 Å². The summed E-state index contributed by atoms with van der Waals surface area (Å²) < 4.78 is 31.3. The number of anilines is 1. The van der Waals surface area contributed by atoms with Crippen LogP contribution >= 0.6 is 0 Å². The van der Waals surface area contributed by atoms with Gasteiger partial charge in [-0.3, -0.25) is 4.79 Å². The molecule has 5 nitrogen and oxygen atoms in total. The lowest BCUT2D eigenvalue weighted by atomic mass is 10.3. The summed E-state index contributed by atoms with van der Waals surface area (Å²) >= 11 is 0. The molecule has 1 aromatic carbocycles. The summed E-state index contributed by atoms with van der Waals surface area (Å²) in [6, 6.07) is 1.51. The van der Waals surface area contributed by atoms with Crippen LogP contribution in [0.1, 0.15) is 0 Å². The van der Waals surface area contributed by atoms with E-state index >= 15 is 0 Å². The Bertz CT molecular complexity index is 613. The van der Waals surface area contributed by atoms with E-state index in [0.717, 1.165) is 12.1 Å². The third kappa shape index (κ3) is 2.22. The summed E-state index contributed by atoms with van der Waals surface area (Å²) in [6.45, 7) is 0. The van der Waals surface area contributed by atoms with E-state index in [1.165, 1.54) is 12.4 Å². The number of halogens is 2. The van der Waals surface area contributed by atoms with Crippen LogP contribution in [0.25, 0.3) is 0 Å². The number of aromatic nitrogens is 2. The number of H-pyrrole nitrogens is 1. The molecule has 0 fully saturated rings. The van der Waals surface area contributed by atoms with Gasteiger partial charge in [0.15, 0.2) is 11.6 Å². The quantitative estimate of drug-likeness (QED) is 0.776. The number of benzene rings is 1. The van der Waals surface area contributed by atoms with Gasteiger partial charge < -0.3 is 15.5 Å². The number of ether oxygens (including phenoxy) is 1. The summed E-state index contributed by atoms with van der Waals surface area (Å²) in [5.74, 6) is -2.56. The molecule has 2 rings (SSSR count). The van der Waals surface area contributed by atoms with Crippen molar-refractivity contribution in [1.82, 2.24) is 9.97 Å². The molecule has 0 saturated heterocycles. The van der Waals surface area contributed by atoms with Crippen molar-refractivity contribution < 1.29 is 13.5 Å². The normalized spacial score (nSPS) is 10.2. The smallest absolute Gasteiger partial charge is 0.311 e. The molecule has 3 N–H and O–H groups in total. The molecule has 2 aromatic rings. The van der Waals surface area contributed by atoms with E-state index in [0.29, 0.717) is 0 Å². The minimum atomic E-state index is -0.881. The number of aromatic amines is 1. The largest absolute Gasteiger partial charge is 0.431 e. The SMILES string of the molecule is Nc1cc(F)c(Oc2ncc[nH]c2=O)cc1F. The Balaban J connectivity index is 2.40. The summed E-state index contributed by atoms with van der Waals surface area (Å²) in [4.78, 5) is 17.1. The average molecular weight is 239 g/mol. The van der Waals surface area contributed by atoms with Gasteiger partial charge >= 0.3 is 5.56 Å². The first-order valence-corrected chi connectivity index (χ1v) is 4.54. The fourth-order valence-corrected chi connectivity index (χ4v) is 1.14. The van der Waals surface area contributed by atoms with Gasteiger partial charge in [0, 0.05) is 24.5 Å².